The zero-order valence-corrected chi connectivity index (χ0v) is 17.9. The smallest absolute Gasteiger partial charge is 0.267 e. The maximum absolute atomic E-state index is 12.6. The molecule has 0 aliphatic rings. The number of nitrogens with one attached hydrogen (secondary N) is 2. The largest absolute Gasteiger partial charge is 0.343 e. The van der Waals surface area contributed by atoms with E-state index in [0.29, 0.717) is 6.04 Å². The van der Waals surface area contributed by atoms with E-state index in [1.54, 1.807) is 29.8 Å². The summed E-state index contributed by atoms with van der Waals surface area (Å²) >= 11 is 1.71. The number of amides is 2. The van der Waals surface area contributed by atoms with Crippen LogP contribution in [-0.2, 0) is 9.59 Å². The van der Waals surface area contributed by atoms with Gasteiger partial charge in [-0.15, -0.1) is 0 Å². The zero-order chi connectivity index (χ0) is 18.7. The van der Waals surface area contributed by atoms with Crippen molar-refractivity contribution in [3.63, 3.8) is 0 Å². The van der Waals surface area contributed by atoms with E-state index in [2.05, 4.69) is 24.5 Å². The molecule has 0 radical (unpaired) electrons. The molecule has 0 spiro atoms. The molecule has 0 aromatic heterocycles. The lowest BCUT2D eigenvalue weighted by Crippen LogP contribution is -2.55. The summed E-state index contributed by atoms with van der Waals surface area (Å²) < 4.78 is 0.978. The lowest BCUT2D eigenvalue weighted by atomic mass is 9.97. The molecule has 0 saturated heterocycles. The summed E-state index contributed by atoms with van der Waals surface area (Å²) in [5.74, 6) is 5.13. The number of hydrazine groups is 1. The van der Waals surface area contributed by atoms with Crippen molar-refractivity contribution in [3.8, 4) is 0 Å². The molecule has 4 N–H and O–H groups in total. The molecule has 0 fully saturated rings. The first-order valence-electron chi connectivity index (χ1n) is 9.05. The van der Waals surface area contributed by atoms with Gasteiger partial charge in [0.2, 0.25) is 5.91 Å². The molecule has 0 saturated carbocycles. The van der Waals surface area contributed by atoms with Crippen LogP contribution in [0.5, 0.6) is 0 Å². The van der Waals surface area contributed by atoms with Crippen LogP contribution in [0.15, 0.2) is 0 Å². The van der Waals surface area contributed by atoms with Crippen LogP contribution in [-0.4, -0.2) is 33.2 Å². The van der Waals surface area contributed by atoms with E-state index in [0.717, 1.165) is 41.7 Å². The van der Waals surface area contributed by atoms with E-state index >= 15 is 0 Å². The Kier molecular flexibility index (Phi) is 12.7. The summed E-state index contributed by atoms with van der Waals surface area (Å²) in [5, 5.41) is 6.31. The number of hydrogen-bond acceptors (Lipinski definition) is 4. The van der Waals surface area contributed by atoms with Crippen LogP contribution in [0.25, 0.3) is 0 Å². The van der Waals surface area contributed by atoms with E-state index in [1.807, 2.05) is 13.8 Å². The Bertz CT molecular complexity index is 370. The topological polar surface area (TPSA) is 87.5 Å². The van der Waals surface area contributed by atoms with E-state index in [-0.39, 0.29) is 23.8 Å². The van der Waals surface area contributed by atoms with Gasteiger partial charge in [-0.25, -0.2) is 9.06 Å². The highest BCUT2D eigenvalue weighted by atomic mass is 127. The Morgan fingerprint density at radius 2 is 1.58 bits per heavy atom. The molecule has 0 aromatic rings. The highest BCUT2D eigenvalue weighted by Crippen LogP contribution is 2.13. The molecule has 0 aromatic carbocycles. The van der Waals surface area contributed by atoms with Gasteiger partial charge in [0.25, 0.3) is 5.91 Å². The number of rotatable bonds is 12. The molecule has 142 valence electrons. The average Bonchev–Trinajstić information content (AvgIpc) is 2.52. The number of nitrogens with zero attached hydrogens (tertiary/aromatic N) is 1. The Morgan fingerprint density at radius 1 is 1.08 bits per heavy atom. The van der Waals surface area contributed by atoms with Crippen LogP contribution in [0.3, 0.4) is 0 Å². The fraction of sp³-hybridized carbons (Fsp3) is 0.882. The van der Waals surface area contributed by atoms with Gasteiger partial charge in [-0.2, -0.15) is 0 Å². The van der Waals surface area contributed by atoms with Crippen molar-refractivity contribution in [1.82, 2.24) is 13.9 Å². The van der Waals surface area contributed by atoms with E-state index in [9.17, 15) is 9.59 Å². The lowest BCUT2D eigenvalue weighted by Gasteiger charge is -2.29. The fourth-order valence-electron chi connectivity index (χ4n) is 2.59. The molecular formula is C17H35IN4O2. The minimum atomic E-state index is -0.632. The Labute approximate surface area is 161 Å². The Hall–Kier alpha value is -0.410. The van der Waals surface area contributed by atoms with Gasteiger partial charge in [-0.1, -0.05) is 53.4 Å². The maximum atomic E-state index is 12.6. The summed E-state index contributed by atoms with van der Waals surface area (Å²) in [6, 6.07) is -0.601. The van der Waals surface area contributed by atoms with Crippen molar-refractivity contribution in [2.24, 2.45) is 11.8 Å². The van der Waals surface area contributed by atoms with Crippen LogP contribution in [0.1, 0.15) is 73.1 Å². The number of carbonyl (C=O) groups is 2. The molecule has 0 heterocycles. The summed E-state index contributed by atoms with van der Waals surface area (Å²) in [7, 11) is 0. The molecule has 0 unspecified atom stereocenters. The summed E-state index contributed by atoms with van der Waals surface area (Å²) in [4.78, 5) is 24.5. The first kappa shape index (κ1) is 23.6. The second-order valence-corrected chi connectivity index (χ2v) is 7.79. The summed E-state index contributed by atoms with van der Waals surface area (Å²) in [6.45, 7) is 10.1. The molecule has 0 rings (SSSR count). The van der Waals surface area contributed by atoms with Crippen molar-refractivity contribution < 1.29 is 9.59 Å². The van der Waals surface area contributed by atoms with Crippen molar-refractivity contribution in [3.05, 3.63) is 0 Å². The molecule has 0 aliphatic heterocycles. The molecule has 0 aliphatic carbocycles. The predicted octanol–water partition coefficient (Wildman–Crippen LogP) is 2.91. The van der Waals surface area contributed by atoms with Gasteiger partial charge in [0, 0.05) is 6.04 Å². The predicted molar refractivity (Wildman–Crippen MR) is 107 cm³/mol. The summed E-state index contributed by atoms with van der Waals surface area (Å²) in [6.07, 6.45) is 6.75. The molecule has 6 nitrogen and oxygen atoms in total. The first-order chi connectivity index (χ1) is 11.2. The van der Waals surface area contributed by atoms with Crippen LogP contribution in [0, 0.1) is 5.92 Å². The van der Waals surface area contributed by atoms with Gasteiger partial charge >= 0.3 is 0 Å². The molecule has 2 amide bonds. The van der Waals surface area contributed by atoms with E-state index in [1.165, 1.54) is 0 Å². The number of unbranched alkanes of at least 4 members (excludes halogenated alkanes) is 2. The van der Waals surface area contributed by atoms with Crippen molar-refractivity contribution >= 4 is 34.7 Å². The zero-order valence-electron chi connectivity index (χ0n) is 15.8. The highest BCUT2D eigenvalue weighted by Gasteiger charge is 2.28. The lowest BCUT2D eigenvalue weighted by molar-refractivity contribution is -0.132. The van der Waals surface area contributed by atoms with Crippen LogP contribution in [0.4, 0.5) is 0 Å². The normalized spacial score (nSPS) is 13.9. The van der Waals surface area contributed by atoms with Crippen molar-refractivity contribution in [2.75, 3.05) is 0 Å². The van der Waals surface area contributed by atoms with Crippen LogP contribution < -0.4 is 16.5 Å². The monoisotopic (exact) mass is 454 g/mol. The molecule has 0 bridgehead atoms. The van der Waals surface area contributed by atoms with Crippen LogP contribution in [0.2, 0.25) is 0 Å². The van der Waals surface area contributed by atoms with Crippen LogP contribution >= 0.6 is 22.9 Å². The van der Waals surface area contributed by atoms with Gasteiger partial charge < -0.3 is 10.6 Å². The number of nitrogens with two attached hydrogens (primary N) is 1. The molecule has 7 heteroatoms. The van der Waals surface area contributed by atoms with Gasteiger partial charge in [0.05, 0.1) is 28.9 Å². The van der Waals surface area contributed by atoms with Crippen molar-refractivity contribution in [2.45, 2.75) is 91.3 Å². The minimum absolute atomic E-state index is 0.137. The van der Waals surface area contributed by atoms with E-state index < -0.39 is 6.04 Å². The number of halogens is 1. The molecular weight excluding hydrogens is 419 g/mol. The van der Waals surface area contributed by atoms with Gasteiger partial charge in [-0.3, -0.25) is 9.59 Å². The quantitative estimate of drug-likeness (QED) is 0.139. The third-order valence-electron chi connectivity index (χ3n) is 4.12. The average molecular weight is 454 g/mol. The molecule has 2 atom stereocenters. The third-order valence-corrected chi connectivity index (χ3v) is 4.59. The Morgan fingerprint density at radius 3 is 1.96 bits per heavy atom. The fourth-order valence-corrected chi connectivity index (χ4v) is 3.00. The standard InChI is InChI=1S/C17H35IN4O2/c1-6-8-10-14(11-9-7-2)21-15(12(3)4)16(23)20-13(5)17(24)22(18)19/h12-15,21H,6-11,19H2,1-5H3,(H,20,23)/t13-,15-/m0/s1. The highest BCUT2D eigenvalue weighted by molar-refractivity contribution is 14.1. The number of hydrogen-bond donors (Lipinski definition) is 3. The third kappa shape index (κ3) is 9.17. The van der Waals surface area contributed by atoms with Gasteiger partial charge in [0.1, 0.15) is 6.04 Å². The molecule has 24 heavy (non-hydrogen) atoms. The SMILES string of the molecule is CCCCC(CCCC)N[C@H](C(=O)N[C@@H](C)C(=O)N(N)I)C(C)C. The Balaban J connectivity index is 4.84. The number of carbonyl (C=O) groups excluding carboxylic acids is 2. The maximum Gasteiger partial charge on any atom is 0.267 e. The van der Waals surface area contributed by atoms with Gasteiger partial charge in [-0.05, 0) is 25.7 Å². The van der Waals surface area contributed by atoms with Gasteiger partial charge in [0.15, 0.2) is 0 Å². The second-order valence-electron chi connectivity index (χ2n) is 6.75. The van der Waals surface area contributed by atoms with Crippen molar-refractivity contribution in [1.29, 1.82) is 0 Å². The summed E-state index contributed by atoms with van der Waals surface area (Å²) in [5.41, 5.74) is 0. The first-order valence-corrected chi connectivity index (χ1v) is 10.0. The van der Waals surface area contributed by atoms with E-state index in [4.69, 9.17) is 5.84 Å². The minimum Gasteiger partial charge on any atom is -0.343 e. The second kappa shape index (κ2) is 12.9.